The Morgan fingerprint density at radius 3 is 2.54 bits per heavy atom. The second-order valence-electron chi connectivity index (χ2n) is 5.90. The number of aliphatic hydroxyl groups is 1. The van der Waals surface area contributed by atoms with Gasteiger partial charge >= 0.3 is 5.97 Å². The van der Waals surface area contributed by atoms with Gasteiger partial charge in [0.1, 0.15) is 36.5 Å². The molecular formula is C14H22N2O8. The number of nitrogens with one attached hydrogen (secondary N) is 2. The molecule has 136 valence electrons. The fourth-order valence-electron chi connectivity index (χ4n) is 2.63. The first-order valence-corrected chi connectivity index (χ1v) is 7.61. The van der Waals surface area contributed by atoms with Crippen molar-refractivity contribution in [2.45, 2.75) is 63.6 Å². The Hall–Kier alpha value is -1.75. The van der Waals surface area contributed by atoms with E-state index in [0.717, 1.165) is 0 Å². The summed E-state index contributed by atoms with van der Waals surface area (Å²) in [6, 6.07) is -1.86. The Morgan fingerprint density at radius 1 is 1.29 bits per heavy atom. The predicted molar refractivity (Wildman–Crippen MR) is 77.8 cm³/mol. The number of ether oxygens (including phenoxy) is 3. The number of carboxylic acid groups (broad SMARTS) is 1. The van der Waals surface area contributed by atoms with Crippen LogP contribution >= 0.6 is 0 Å². The minimum absolute atomic E-state index is 0.151. The van der Waals surface area contributed by atoms with Crippen LogP contribution in [-0.2, 0) is 28.6 Å². The van der Waals surface area contributed by atoms with Crippen LogP contribution in [0, 0.1) is 0 Å². The van der Waals surface area contributed by atoms with E-state index in [2.05, 4.69) is 10.6 Å². The summed E-state index contributed by atoms with van der Waals surface area (Å²) in [6.45, 7) is 4.21. The molecule has 2 heterocycles. The molecule has 2 rings (SSSR count). The molecule has 2 aliphatic heterocycles. The highest BCUT2D eigenvalue weighted by Gasteiger charge is 2.52. The molecule has 0 aliphatic carbocycles. The molecule has 0 aromatic carbocycles. The molecule has 2 bridgehead atoms. The molecule has 2 aliphatic rings. The van der Waals surface area contributed by atoms with Gasteiger partial charge in [-0.3, -0.25) is 14.4 Å². The zero-order valence-electron chi connectivity index (χ0n) is 13.6. The van der Waals surface area contributed by atoms with Gasteiger partial charge in [0.05, 0.1) is 6.61 Å². The van der Waals surface area contributed by atoms with Gasteiger partial charge in [-0.05, 0) is 13.8 Å². The Morgan fingerprint density at radius 2 is 1.96 bits per heavy atom. The van der Waals surface area contributed by atoms with Crippen molar-refractivity contribution < 1.29 is 38.8 Å². The van der Waals surface area contributed by atoms with Gasteiger partial charge in [-0.2, -0.15) is 0 Å². The summed E-state index contributed by atoms with van der Waals surface area (Å²) >= 11 is 0. The molecule has 0 saturated carbocycles. The second kappa shape index (κ2) is 7.43. The topological polar surface area (TPSA) is 143 Å². The average Bonchev–Trinajstić information content (AvgIpc) is 2.94. The molecule has 0 aromatic rings. The first-order chi connectivity index (χ1) is 11.2. The Balaban J connectivity index is 2.05. The van der Waals surface area contributed by atoms with Crippen LogP contribution in [0.2, 0.25) is 0 Å². The maximum atomic E-state index is 12.0. The van der Waals surface area contributed by atoms with Crippen molar-refractivity contribution in [2.75, 3.05) is 6.61 Å². The molecular weight excluding hydrogens is 324 g/mol. The molecule has 10 nitrogen and oxygen atoms in total. The van der Waals surface area contributed by atoms with Crippen molar-refractivity contribution in [3.8, 4) is 0 Å². The summed E-state index contributed by atoms with van der Waals surface area (Å²) in [7, 11) is 0. The zero-order valence-corrected chi connectivity index (χ0v) is 13.6. The number of aliphatic hydroxyl groups excluding tert-OH is 1. The molecule has 24 heavy (non-hydrogen) atoms. The van der Waals surface area contributed by atoms with Crippen LogP contribution in [0.5, 0.6) is 0 Å². The normalized spacial score (nSPS) is 34.2. The third-order valence-electron chi connectivity index (χ3n) is 3.93. The number of carbonyl (C=O) groups is 3. The standard InChI is InChI=1S/C14H22N2O8/c1-5(13(20)21)15-12(19)6(2)23-11-9(16-7(3)17)14-22-4-8(24-14)10(11)18/h5-6,8-11,14,18H,4H2,1-3H3,(H,15,19)(H,16,17)(H,20,21). The molecule has 2 saturated heterocycles. The molecule has 4 N–H and O–H groups in total. The van der Waals surface area contributed by atoms with E-state index in [9.17, 15) is 19.5 Å². The van der Waals surface area contributed by atoms with E-state index in [-0.39, 0.29) is 12.5 Å². The molecule has 2 fully saturated rings. The lowest BCUT2D eigenvalue weighted by Crippen LogP contribution is -2.62. The minimum atomic E-state index is -1.18. The Bertz CT molecular complexity index is 513. The van der Waals surface area contributed by atoms with Crippen LogP contribution in [-0.4, -0.2) is 77.4 Å². The third-order valence-corrected chi connectivity index (χ3v) is 3.93. The number of amides is 2. The number of fused-ring (bicyclic) bond motifs is 2. The molecule has 7 unspecified atom stereocenters. The fraction of sp³-hybridized carbons (Fsp3) is 0.786. The van der Waals surface area contributed by atoms with E-state index in [1.54, 1.807) is 0 Å². The Labute approximate surface area is 138 Å². The van der Waals surface area contributed by atoms with Gasteiger partial charge in [0.2, 0.25) is 11.8 Å². The van der Waals surface area contributed by atoms with Gasteiger partial charge < -0.3 is 35.1 Å². The number of rotatable bonds is 6. The summed E-state index contributed by atoms with van der Waals surface area (Å²) < 4.78 is 16.4. The second-order valence-corrected chi connectivity index (χ2v) is 5.90. The number of hydrogen-bond acceptors (Lipinski definition) is 7. The van der Waals surface area contributed by atoms with Crippen molar-refractivity contribution in [1.29, 1.82) is 0 Å². The highest BCUT2D eigenvalue weighted by atomic mass is 16.7. The summed E-state index contributed by atoms with van der Waals surface area (Å²) in [6.07, 6.45) is -4.47. The van der Waals surface area contributed by atoms with Crippen LogP contribution in [0.4, 0.5) is 0 Å². The van der Waals surface area contributed by atoms with Gasteiger partial charge in [-0.1, -0.05) is 0 Å². The predicted octanol–water partition coefficient (Wildman–Crippen LogP) is -2.03. The Kier molecular flexibility index (Phi) is 5.75. The number of aliphatic carboxylic acids is 1. The average molecular weight is 346 g/mol. The smallest absolute Gasteiger partial charge is 0.325 e. The van der Waals surface area contributed by atoms with Crippen LogP contribution in [0.15, 0.2) is 0 Å². The van der Waals surface area contributed by atoms with Crippen LogP contribution in [0.3, 0.4) is 0 Å². The number of carboxylic acids is 1. The maximum Gasteiger partial charge on any atom is 0.325 e. The first-order valence-electron chi connectivity index (χ1n) is 7.61. The van der Waals surface area contributed by atoms with Crippen LogP contribution in [0.25, 0.3) is 0 Å². The molecule has 0 spiro atoms. The van der Waals surface area contributed by atoms with Crippen LogP contribution < -0.4 is 10.6 Å². The van der Waals surface area contributed by atoms with Gasteiger partial charge in [0.25, 0.3) is 0 Å². The SMILES string of the molecule is CC(=O)NC1C2OCC(O2)C(O)C1OC(C)C(=O)NC(C)C(=O)O. The lowest BCUT2D eigenvalue weighted by atomic mass is 9.98. The quantitative estimate of drug-likeness (QED) is 0.431. The van der Waals surface area contributed by atoms with Crippen molar-refractivity contribution >= 4 is 17.8 Å². The van der Waals surface area contributed by atoms with Crippen molar-refractivity contribution in [3.63, 3.8) is 0 Å². The molecule has 0 aromatic heterocycles. The summed E-state index contributed by atoms with van der Waals surface area (Å²) in [5, 5.41) is 24.0. The van der Waals surface area contributed by atoms with Crippen molar-refractivity contribution in [1.82, 2.24) is 10.6 Å². The maximum absolute atomic E-state index is 12.0. The number of hydrogen-bond donors (Lipinski definition) is 4. The van der Waals surface area contributed by atoms with Gasteiger partial charge in [-0.25, -0.2) is 0 Å². The molecule has 7 atom stereocenters. The van der Waals surface area contributed by atoms with Gasteiger partial charge in [0.15, 0.2) is 6.29 Å². The summed E-state index contributed by atoms with van der Waals surface area (Å²) in [5.74, 6) is -2.18. The van der Waals surface area contributed by atoms with Crippen molar-refractivity contribution in [3.05, 3.63) is 0 Å². The lowest BCUT2D eigenvalue weighted by molar-refractivity contribution is -0.209. The fourth-order valence-corrected chi connectivity index (χ4v) is 2.63. The zero-order chi connectivity index (χ0) is 18.0. The summed E-state index contributed by atoms with van der Waals surface area (Å²) in [5.41, 5.74) is 0. The van der Waals surface area contributed by atoms with E-state index in [0.29, 0.717) is 0 Å². The van der Waals surface area contributed by atoms with Crippen LogP contribution in [0.1, 0.15) is 20.8 Å². The monoisotopic (exact) mass is 346 g/mol. The van der Waals surface area contributed by atoms with E-state index < -0.39 is 54.7 Å². The van der Waals surface area contributed by atoms with Gasteiger partial charge in [-0.15, -0.1) is 0 Å². The highest BCUT2D eigenvalue weighted by molar-refractivity contribution is 5.85. The van der Waals surface area contributed by atoms with E-state index in [4.69, 9.17) is 19.3 Å². The molecule has 10 heteroatoms. The van der Waals surface area contributed by atoms with Crippen molar-refractivity contribution in [2.24, 2.45) is 0 Å². The van der Waals surface area contributed by atoms with E-state index >= 15 is 0 Å². The van der Waals surface area contributed by atoms with E-state index in [1.807, 2.05) is 0 Å². The summed E-state index contributed by atoms with van der Waals surface area (Å²) in [4.78, 5) is 34.2. The van der Waals surface area contributed by atoms with E-state index in [1.165, 1.54) is 20.8 Å². The number of carbonyl (C=O) groups excluding carboxylic acids is 2. The third kappa shape index (κ3) is 4.01. The molecule has 2 amide bonds. The lowest BCUT2D eigenvalue weighted by Gasteiger charge is -2.39. The largest absolute Gasteiger partial charge is 0.480 e. The first kappa shape index (κ1) is 18.6. The minimum Gasteiger partial charge on any atom is -0.480 e. The highest BCUT2D eigenvalue weighted by Crippen LogP contribution is 2.30. The van der Waals surface area contributed by atoms with Gasteiger partial charge in [0, 0.05) is 6.92 Å². The molecule has 0 radical (unpaired) electrons.